The third-order valence-electron chi connectivity index (χ3n) is 13.2. The highest BCUT2D eigenvalue weighted by Gasteiger charge is 2.84. The lowest BCUT2D eigenvalue weighted by molar-refractivity contribution is -0.952. The van der Waals surface area contributed by atoms with Gasteiger partial charge in [-0.2, -0.15) is 0 Å². The van der Waals surface area contributed by atoms with E-state index in [0.29, 0.717) is 17.5 Å². The summed E-state index contributed by atoms with van der Waals surface area (Å²) in [6, 6.07) is 3.22. The van der Waals surface area contributed by atoms with Gasteiger partial charge in [0.25, 0.3) is 0 Å². The SMILES string of the molecule is COC12CC[C@@]3(C[C@@H]1C(C)(C)O)[C@H]1Cc4ccc(OC(=O)N(C)CCNC(=O)[C@@H](N)CC(=O)O)c5c4[C@@]3(CC[N+]1(C)CC1CC1)[C@H]2O5. The number of nitrogens with two attached hydrogens (primary N) is 1. The Morgan fingerprint density at radius 3 is 2.64 bits per heavy atom. The van der Waals surface area contributed by atoms with Crippen molar-refractivity contribution in [3.63, 3.8) is 0 Å². The fourth-order valence-corrected chi connectivity index (χ4v) is 11.0. The van der Waals surface area contributed by atoms with Crippen LogP contribution in [0.1, 0.15) is 69.9 Å². The molecule has 4 saturated carbocycles. The first-order chi connectivity index (χ1) is 22.1. The first-order valence-corrected chi connectivity index (χ1v) is 17.2. The number of carbonyl (C=O) groups excluding carboxylic acids is 2. The fraction of sp³-hybridized carbons (Fsp3) is 0.743. The zero-order valence-corrected chi connectivity index (χ0v) is 28.3. The number of ether oxygens (including phenoxy) is 3. The number of benzene rings is 1. The number of piperidine rings is 1. The third-order valence-corrected chi connectivity index (χ3v) is 13.2. The summed E-state index contributed by atoms with van der Waals surface area (Å²) in [5.74, 6) is -0.0745. The molecule has 5 aliphatic carbocycles. The molecule has 0 aromatic heterocycles. The van der Waals surface area contributed by atoms with Gasteiger partial charge in [-0.25, -0.2) is 4.79 Å². The molecule has 12 heteroatoms. The van der Waals surface area contributed by atoms with Gasteiger partial charge in [0.2, 0.25) is 5.91 Å². The molecule has 0 radical (unpaired) electrons. The van der Waals surface area contributed by atoms with E-state index >= 15 is 0 Å². The Morgan fingerprint density at radius 2 is 1.98 bits per heavy atom. The molecule has 1 aromatic carbocycles. The number of nitrogens with one attached hydrogen (secondary N) is 1. The van der Waals surface area contributed by atoms with E-state index in [2.05, 4.69) is 18.4 Å². The molecule has 7 aliphatic rings. The minimum atomic E-state index is -1.17. The number of carbonyl (C=O) groups is 3. The summed E-state index contributed by atoms with van der Waals surface area (Å²) in [4.78, 5) is 37.7. The first kappa shape index (κ1) is 32.6. The standard InChI is InChI=1S/C35H50N4O8/c1-32(2,44)24-18-33-10-11-35(24,45-5)30-34(33)12-15-39(4,19-20-6-7-20)25(33)16-21-8-9-23(28(47-30)27(21)34)46-31(43)38(3)14-13-37-29(42)22(36)17-26(40)41/h8-9,20,22,24-25,30,44H,6-7,10-19,36H2,1-5H3,(H-,37,40,41,42)/p+1/t22-,24+,25+,30+,33+,34-,35?,39?/m0/s1. The van der Waals surface area contributed by atoms with Crippen LogP contribution in [0, 0.1) is 17.3 Å². The predicted molar refractivity (Wildman–Crippen MR) is 171 cm³/mol. The van der Waals surface area contributed by atoms with Crippen molar-refractivity contribution >= 4 is 18.0 Å². The number of quaternary nitrogens is 1. The van der Waals surface area contributed by atoms with Gasteiger partial charge in [-0.15, -0.1) is 0 Å². The minimum absolute atomic E-state index is 0.0815. The molecule has 47 heavy (non-hydrogen) atoms. The van der Waals surface area contributed by atoms with E-state index in [1.54, 1.807) is 14.2 Å². The summed E-state index contributed by atoms with van der Waals surface area (Å²) in [5, 5.41) is 23.2. The molecule has 2 amide bonds. The number of carboxylic acid groups (broad SMARTS) is 1. The average Bonchev–Trinajstić information content (AvgIpc) is 3.74. The fourth-order valence-electron chi connectivity index (χ4n) is 11.0. The molecule has 12 nitrogen and oxygen atoms in total. The van der Waals surface area contributed by atoms with Gasteiger partial charge in [-0.05, 0) is 57.6 Å². The van der Waals surface area contributed by atoms with Crippen molar-refractivity contribution in [2.45, 2.75) is 100 Å². The van der Waals surface area contributed by atoms with E-state index < -0.39 is 41.6 Å². The van der Waals surface area contributed by atoms with Crippen LogP contribution >= 0.6 is 0 Å². The van der Waals surface area contributed by atoms with Crippen LogP contribution < -0.4 is 20.5 Å². The van der Waals surface area contributed by atoms with Gasteiger partial charge in [0.15, 0.2) is 11.5 Å². The number of hydrogen-bond acceptors (Lipinski definition) is 8. The van der Waals surface area contributed by atoms with E-state index in [-0.39, 0.29) is 35.9 Å². The molecule has 8 rings (SSSR count). The summed E-state index contributed by atoms with van der Waals surface area (Å²) >= 11 is 0. The maximum absolute atomic E-state index is 13.4. The van der Waals surface area contributed by atoms with Crippen molar-refractivity contribution in [1.82, 2.24) is 10.2 Å². The lowest BCUT2D eigenvalue weighted by Crippen LogP contribution is -2.84. The van der Waals surface area contributed by atoms with Crippen molar-refractivity contribution in [3.8, 4) is 11.5 Å². The summed E-state index contributed by atoms with van der Waals surface area (Å²) in [5.41, 5.74) is 6.05. The topological polar surface area (TPSA) is 161 Å². The van der Waals surface area contributed by atoms with Crippen molar-refractivity contribution < 1.29 is 43.3 Å². The number of carboxylic acids is 1. The summed E-state index contributed by atoms with van der Waals surface area (Å²) in [6.45, 7) is 6.32. The zero-order chi connectivity index (χ0) is 33.7. The quantitative estimate of drug-likeness (QED) is 0.262. The van der Waals surface area contributed by atoms with Crippen LogP contribution in [-0.2, 0) is 26.2 Å². The maximum atomic E-state index is 13.4. The van der Waals surface area contributed by atoms with E-state index in [1.165, 1.54) is 35.4 Å². The van der Waals surface area contributed by atoms with Crippen LogP contribution in [0.25, 0.3) is 0 Å². The van der Waals surface area contributed by atoms with Gasteiger partial charge in [0.1, 0.15) is 11.7 Å². The van der Waals surface area contributed by atoms with Gasteiger partial charge in [-0.3, -0.25) is 9.59 Å². The number of rotatable bonds is 11. The van der Waals surface area contributed by atoms with Crippen LogP contribution in [0.15, 0.2) is 12.1 Å². The lowest BCUT2D eigenvalue weighted by atomic mass is 9.33. The van der Waals surface area contributed by atoms with Gasteiger partial charge in [0, 0.05) is 62.9 Å². The highest BCUT2D eigenvalue weighted by Crippen LogP contribution is 2.78. The second kappa shape index (κ2) is 10.8. The normalized spacial score (nSPS) is 36.6. The molecule has 5 N–H and O–H groups in total. The summed E-state index contributed by atoms with van der Waals surface area (Å²) < 4.78 is 20.8. The molecule has 258 valence electrons. The number of aliphatic hydroxyl groups is 1. The minimum Gasteiger partial charge on any atom is -0.482 e. The number of nitrogens with zero attached hydrogens (tertiary/aromatic N) is 2. The summed E-state index contributed by atoms with van der Waals surface area (Å²) in [6.07, 6.45) is 5.85. The molecule has 1 saturated heterocycles. The van der Waals surface area contributed by atoms with Crippen molar-refractivity contribution in [2.75, 3.05) is 47.4 Å². The van der Waals surface area contributed by atoms with Crippen LogP contribution in [0.3, 0.4) is 0 Å². The van der Waals surface area contributed by atoms with Crippen molar-refractivity contribution in [1.29, 1.82) is 0 Å². The number of likely N-dealkylation sites (N-methyl/N-ethyl adjacent to an activating group) is 2. The Labute approximate surface area is 276 Å². The molecule has 4 bridgehead atoms. The number of hydrogen-bond donors (Lipinski definition) is 4. The molecular formula is C35H51N4O8+. The largest absolute Gasteiger partial charge is 0.482 e. The van der Waals surface area contributed by atoms with Gasteiger partial charge >= 0.3 is 12.1 Å². The second-order valence-corrected chi connectivity index (χ2v) is 16.2. The molecule has 8 atom stereocenters. The van der Waals surface area contributed by atoms with E-state index in [4.69, 9.17) is 25.1 Å². The Balaban J connectivity index is 1.21. The third kappa shape index (κ3) is 4.64. The highest BCUT2D eigenvalue weighted by atomic mass is 16.6. The zero-order valence-electron chi connectivity index (χ0n) is 28.3. The number of fused-ring (bicyclic) bond motifs is 2. The van der Waals surface area contributed by atoms with Crippen molar-refractivity contribution in [2.24, 2.45) is 23.0 Å². The van der Waals surface area contributed by atoms with E-state index in [0.717, 1.165) is 49.0 Å². The maximum Gasteiger partial charge on any atom is 0.415 e. The van der Waals surface area contributed by atoms with Crippen LogP contribution in [0.5, 0.6) is 11.5 Å². The Hall–Kier alpha value is -2.93. The van der Waals surface area contributed by atoms with E-state index in [9.17, 15) is 19.5 Å². The molecule has 2 spiro atoms. The number of methoxy groups -OCH3 is 1. The first-order valence-electron chi connectivity index (χ1n) is 17.2. The molecule has 1 aromatic rings. The molecule has 2 heterocycles. The number of amides is 2. The Bertz CT molecular complexity index is 1490. The van der Waals surface area contributed by atoms with Crippen LogP contribution in [0.4, 0.5) is 4.79 Å². The van der Waals surface area contributed by atoms with Crippen LogP contribution in [-0.4, -0.2) is 114 Å². The molecular weight excluding hydrogens is 604 g/mol. The van der Waals surface area contributed by atoms with E-state index in [1.807, 2.05) is 19.9 Å². The summed E-state index contributed by atoms with van der Waals surface area (Å²) in [7, 11) is 5.82. The lowest BCUT2D eigenvalue weighted by Gasteiger charge is -2.75. The Morgan fingerprint density at radius 1 is 1.23 bits per heavy atom. The number of aliphatic carboxylic acids is 1. The smallest absolute Gasteiger partial charge is 0.415 e. The van der Waals surface area contributed by atoms with Crippen LogP contribution in [0.2, 0.25) is 0 Å². The second-order valence-electron chi connectivity index (χ2n) is 16.2. The van der Waals surface area contributed by atoms with Gasteiger partial charge in [0.05, 0.1) is 49.7 Å². The Kier molecular flexibility index (Phi) is 7.48. The van der Waals surface area contributed by atoms with Gasteiger partial charge in [-0.1, -0.05) is 6.07 Å². The number of likely N-dealkylation sites (tertiary alicyclic amines) is 1. The molecule has 5 fully saturated rings. The molecule has 2 aliphatic heterocycles. The van der Waals surface area contributed by atoms with Crippen molar-refractivity contribution in [3.05, 3.63) is 23.3 Å². The predicted octanol–water partition coefficient (Wildman–Crippen LogP) is 2.18. The molecule has 2 unspecified atom stereocenters. The highest BCUT2D eigenvalue weighted by molar-refractivity contribution is 5.85. The van der Waals surface area contributed by atoms with Gasteiger partial charge < -0.3 is 44.9 Å². The average molecular weight is 656 g/mol. The monoisotopic (exact) mass is 655 g/mol.